The van der Waals surface area contributed by atoms with Crippen LogP contribution in [-0.4, -0.2) is 11.5 Å². The zero-order valence-corrected chi connectivity index (χ0v) is 10.9. The van der Waals surface area contributed by atoms with Crippen LogP contribution in [0.15, 0.2) is 18.3 Å². The molecule has 1 heterocycles. The molecule has 0 bridgehead atoms. The van der Waals surface area contributed by atoms with Crippen LogP contribution < -0.4 is 5.32 Å². The molecular weight excluding hydrogens is 222 g/mol. The Morgan fingerprint density at radius 3 is 2.94 bits per heavy atom. The molecule has 0 atom stereocenters. The van der Waals surface area contributed by atoms with Crippen molar-refractivity contribution in [2.75, 3.05) is 6.54 Å². The lowest BCUT2D eigenvalue weighted by molar-refractivity contribution is 0.334. The van der Waals surface area contributed by atoms with Gasteiger partial charge in [0.1, 0.15) is 11.8 Å². The summed E-state index contributed by atoms with van der Waals surface area (Å²) in [5.74, 6) is 0.913. The Bertz CT molecular complexity index is 402. The van der Waals surface area contributed by atoms with Gasteiger partial charge in [0.15, 0.2) is 0 Å². The average molecular weight is 243 g/mol. The lowest BCUT2D eigenvalue weighted by atomic mass is 9.87. The molecule has 1 N–H and O–H groups in total. The largest absolute Gasteiger partial charge is 0.313 e. The van der Waals surface area contributed by atoms with Crippen LogP contribution in [0.25, 0.3) is 0 Å². The molecular formula is C15H21N3. The summed E-state index contributed by atoms with van der Waals surface area (Å²) in [5.41, 5.74) is 1.55. The number of hydrogen-bond acceptors (Lipinski definition) is 3. The molecule has 0 unspecified atom stereocenters. The molecule has 0 saturated heterocycles. The summed E-state index contributed by atoms with van der Waals surface area (Å²) in [6, 6.07) is 5.99. The Balaban J connectivity index is 1.70. The van der Waals surface area contributed by atoms with Gasteiger partial charge in [-0.05, 0) is 24.9 Å². The third kappa shape index (κ3) is 3.82. The number of hydrogen-bond donors (Lipinski definition) is 1. The van der Waals surface area contributed by atoms with Gasteiger partial charge in [-0.25, -0.2) is 4.98 Å². The monoisotopic (exact) mass is 243 g/mol. The number of aromatic nitrogens is 1. The molecule has 1 aromatic rings. The van der Waals surface area contributed by atoms with Gasteiger partial charge in [-0.3, -0.25) is 0 Å². The summed E-state index contributed by atoms with van der Waals surface area (Å²) in [7, 11) is 0. The highest BCUT2D eigenvalue weighted by Gasteiger charge is 2.12. The van der Waals surface area contributed by atoms with Gasteiger partial charge in [0.2, 0.25) is 0 Å². The second kappa shape index (κ2) is 7.13. The molecule has 18 heavy (non-hydrogen) atoms. The fourth-order valence-corrected chi connectivity index (χ4v) is 2.69. The molecule has 0 spiro atoms. The van der Waals surface area contributed by atoms with Gasteiger partial charge >= 0.3 is 0 Å². The molecule has 0 radical (unpaired) electrons. The van der Waals surface area contributed by atoms with Gasteiger partial charge in [0.25, 0.3) is 0 Å². The minimum absolute atomic E-state index is 0.544. The van der Waals surface area contributed by atoms with Crippen molar-refractivity contribution in [3.05, 3.63) is 29.6 Å². The number of nitriles is 1. The minimum atomic E-state index is 0.544. The summed E-state index contributed by atoms with van der Waals surface area (Å²) in [6.07, 6.45) is 9.98. The van der Waals surface area contributed by atoms with Crippen LogP contribution in [0, 0.1) is 17.2 Å². The lowest BCUT2D eigenvalue weighted by Gasteiger charge is -2.21. The second-order valence-corrected chi connectivity index (χ2v) is 5.09. The van der Waals surface area contributed by atoms with E-state index in [0.29, 0.717) is 5.69 Å². The summed E-state index contributed by atoms with van der Waals surface area (Å²) in [6.45, 7) is 1.80. The van der Waals surface area contributed by atoms with Gasteiger partial charge in [0.05, 0.1) is 0 Å². The van der Waals surface area contributed by atoms with E-state index in [1.807, 2.05) is 12.1 Å². The van der Waals surface area contributed by atoms with Crippen molar-refractivity contribution in [1.29, 1.82) is 5.26 Å². The van der Waals surface area contributed by atoms with Gasteiger partial charge < -0.3 is 5.32 Å². The van der Waals surface area contributed by atoms with E-state index in [2.05, 4.69) is 16.4 Å². The summed E-state index contributed by atoms with van der Waals surface area (Å²) < 4.78 is 0. The molecule has 2 rings (SSSR count). The van der Waals surface area contributed by atoms with Crippen LogP contribution in [0.4, 0.5) is 0 Å². The Kier molecular flexibility index (Phi) is 5.16. The Morgan fingerprint density at radius 2 is 2.17 bits per heavy atom. The van der Waals surface area contributed by atoms with Crippen LogP contribution in [0.3, 0.4) is 0 Å². The second-order valence-electron chi connectivity index (χ2n) is 5.09. The topological polar surface area (TPSA) is 48.7 Å². The van der Waals surface area contributed by atoms with Gasteiger partial charge in [0, 0.05) is 18.3 Å². The summed E-state index contributed by atoms with van der Waals surface area (Å²) >= 11 is 0. The summed E-state index contributed by atoms with van der Waals surface area (Å²) in [5, 5.41) is 12.4. The van der Waals surface area contributed by atoms with E-state index in [1.165, 1.54) is 38.5 Å². The van der Waals surface area contributed by atoms with E-state index in [1.54, 1.807) is 6.20 Å². The molecule has 96 valence electrons. The first-order valence-electron chi connectivity index (χ1n) is 6.95. The highest BCUT2D eigenvalue weighted by molar-refractivity contribution is 5.30. The van der Waals surface area contributed by atoms with Crippen LogP contribution in [-0.2, 0) is 6.54 Å². The van der Waals surface area contributed by atoms with Gasteiger partial charge in [-0.1, -0.05) is 38.2 Å². The normalized spacial score (nSPS) is 16.4. The maximum Gasteiger partial charge on any atom is 0.144 e. The maximum atomic E-state index is 8.94. The maximum absolute atomic E-state index is 8.94. The van der Waals surface area contributed by atoms with Crippen molar-refractivity contribution in [2.45, 2.75) is 45.1 Å². The fourth-order valence-electron chi connectivity index (χ4n) is 2.69. The van der Waals surface area contributed by atoms with Crippen molar-refractivity contribution in [1.82, 2.24) is 10.3 Å². The van der Waals surface area contributed by atoms with Crippen molar-refractivity contribution >= 4 is 0 Å². The molecule has 3 nitrogen and oxygen atoms in total. The van der Waals surface area contributed by atoms with E-state index in [9.17, 15) is 0 Å². The molecule has 0 amide bonds. The first kappa shape index (κ1) is 13.0. The van der Waals surface area contributed by atoms with Crippen molar-refractivity contribution < 1.29 is 0 Å². The van der Waals surface area contributed by atoms with Crippen molar-refractivity contribution in [2.24, 2.45) is 5.92 Å². The lowest BCUT2D eigenvalue weighted by Crippen LogP contribution is -2.19. The van der Waals surface area contributed by atoms with E-state index in [0.717, 1.165) is 24.6 Å². The Morgan fingerprint density at radius 1 is 1.33 bits per heavy atom. The van der Waals surface area contributed by atoms with Crippen LogP contribution >= 0.6 is 0 Å². The fraction of sp³-hybridized carbons (Fsp3) is 0.600. The first-order chi connectivity index (χ1) is 8.90. The molecule has 1 saturated carbocycles. The molecule has 1 fully saturated rings. The highest BCUT2D eigenvalue weighted by Crippen LogP contribution is 2.25. The number of rotatable bonds is 5. The number of pyridine rings is 1. The number of nitrogens with zero attached hydrogens (tertiary/aromatic N) is 2. The van der Waals surface area contributed by atoms with E-state index in [-0.39, 0.29) is 0 Å². The van der Waals surface area contributed by atoms with Crippen LogP contribution in [0.5, 0.6) is 0 Å². The Labute approximate surface area is 109 Å². The molecule has 1 aromatic heterocycles. The quantitative estimate of drug-likeness (QED) is 0.809. The molecule has 1 aliphatic carbocycles. The SMILES string of the molecule is N#Cc1ncccc1CNCCC1CCCCC1. The first-order valence-corrected chi connectivity index (χ1v) is 6.95. The van der Waals surface area contributed by atoms with Crippen LogP contribution in [0.1, 0.15) is 49.8 Å². The third-order valence-corrected chi connectivity index (χ3v) is 3.77. The Hall–Kier alpha value is -1.40. The standard InChI is InChI=1S/C15H21N3/c16-11-15-14(7-4-9-18-15)12-17-10-8-13-5-2-1-3-6-13/h4,7,9,13,17H,1-3,5-6,8,10,12H2. The minimum Gasteiger partial charge on any atom is -0.313 e. The average Bonchev–Trinajstić information content (AvgIpc) is 2.45. The molecule has 3 heteroatoms. The number of nitrogens with one attached hydrogen (secondary N) is 1. The smallest absolute Gasteiger partial charge is 0.144 e. The van der Waals surface area contributed by atoms with Gasteiger partial charge in [-0.2, -0.15) is 5.26 Å². The molecule has 0 aromatic carbocycles. The van der Waals surface area contributed by atoms with Gasteiger partial charge in [-0.15, -0.1) is 0 Å². The summed E-state index contributed by atoms with van der Waals surface area (Å²) in [4.78, 5) is 4.06. The molecule has 0 aliphatic heterocycles. The molecule has 1 aliphatic rings. The predicted molar refractivity (Wildman–Crippen MR) is 71.9 cm³/mol. The highest BCUT2D eigenvalue weighted by atomic mass is 14.9. The predicted octanol–water partition coefficient (Wildman–Crippen LogP) is 3.01. The van der Waals surface area contributed by atoms with Crippen molar-refractivity contribution in [3.63, 3.8) is 0 Å². The third-order valence-electron chi connectivity index (χ3n) is 3.77. The zero-order valence-electron chi connectivity index (χ0n) is 10.9. The zero-order chi connectivity index (χ0) is 12.6. The van der Waals surface area contributed by atoms with E-state index in [4.69, 9.17) is 5.26 Å². The van der Waals surface area contributed by atoms with Crippen molar-refractivity contribution in [3.8, 4) is 6.07 Å². The van der Waals surface area contributed by atoms with E-state index < -0.39 is 0 Å². The van der Waals surface area contributed by atoms with Crippen LogP contribution in [0.2, 0.25) is 0 Å². The van der Waals surface area contributed by atoms with E-state index >= 15 is 0 Å².